The predicted octanol–water partition coefficient (Wildman–Crippen LogP) is 2.61. The quantitative estimate of drug-likeness (QED) is 0.699. The summed E-state index contributed by atoms with van der Waals surface area (Å²) in [7, 11) is 2.02. The van der Waals surface area contributed by atoms with Crippen molar-refractivity contribution in [1.29, 1.82) is 0 Å². The lowest BCUT2D eigenvalue weighted by Crippen LogP contribution is -2.50. The summed E-state index contributed by atoms with van der Waals surface area (Å²) in [6.07, 6.45) is 0. The number of aryl methyl sites for hydroxylation is 1. The third-order valence-corrected chi connectivity index (χ3v) is 5.77. The van der Waals surface area contributed by atoms with E-state index in [1.807, 2.05) is 24.6 Å². The van der Waals surface area contributed by atoms with Gasteiger partial charge in [0.05, 0.1) is 5.69 Å². The second kappa shape index (κ2) is 6.57. The fraction of sp³-hybridized carbons (Fsp3) is 0.316. The Bertz CT molecular complexity index is 983. The summed E-state index contributed by atoms with van der Waals surface area (Å²) in [5.74, 6) is -0.00159. The second-order valence-electron chi connectivity index (χ2n) is 6.48. The van der Waals surface area contributed by atoms with Crippen LogP contribution in [0.25, 0.3) is 21.6 Å². The lowest BCUT2D eigenvalue weighted by molar-refractivity contribution is -0.130. The minimum atomic E-state index is -0.0607. The molecule has 1 aliphatic rings. The topological polar surface area (TPSA) is 58.4 Å². The Balaban J connectivity index is 1.55. The minimum absolute atomic E-state index is 0.0591. The van der Waals surface area contributed by atoms with E-state index < -0.39 is 0 Å². The van der Waals surface area contributed by atoms with Crippen LogP contribution in [0.3, 0.4) is 0 Å². The molecule has 6 nitrogen and oxygen atoms in total. The average Bonchev–Trinajstić information content (AvgIpc) is 3.26. The molecule has 26 heavy (non-hydrogen) atoms. The van der Waals surface area contributed by atoms with E-state index in [2.05, 4.69) is 27.8 Å². The highest BCUT2D eigenvalue weighted by molar-refractivity contribution is 7.13. The SMILES string of the molecule is CC(=O)N1CCN(C(=O)c2csc(-c3cc4ccccc4n3C)n2)CC1. The van der Waals surface area contributed by atoms with Crippen LogP contribution in [-0.2, 0) is 11.8 Å². The Morgan fingerprint density at radius 1 is 1.08 bits per heavy atom. The van der Waals surface area contributed by atoms with Crippen LogP contribution in [0.15, 0.2) is 35.7 Å². The van der Waals surface area contributed by atoms with Gasteiger partial charge in [0, 0.05) is 56.4 Å². The molecular weight excluding hydrogens is 348 g/mol. The minimum Gasteiger partial charge on any atom is -0.342 e. The van der Waals surface area contributed by atoms with E-state index >= 15 is 0 Å². The summed E-state index contributed by atoms with van der Waals surface area (Å²) in [5, 5.41) is 3.83. The standard InChI is InChI=1S/C19H20N4O2S/c1-13(24)22-7-9-23(10-8-22)19(25)15-12-26-18(20-15)17-11-14-5-3-4-6-16(14)21(17)2/h3-6,11-12H,7-10H2,1-2H3. The van der Waals surface area contributed by atoms with Crippen LogP contribution in [0.5, 0.6) is 0 Å². The van der Waals surface area contributed by atoms with Gasteiger partial charge in [0.15, 0.2) is 0 Å². The first-order valence-electron chi connectivity index (χ1n) is 8.60. The highest BCUT2D eigenvalue weighted by Gasteiger charge is 2.25. The van der Waals surface area contributed by atoms with Crippen molar-refractivity contribution in [1.82, 2.24) is 19.4 Å². The van der Waals surface area contributed by atoms with E-state index in [0.717, 1.165) is 21.6 Å². The molecule has 3 heterocycles. The molecule has 7 heteroatoms. The summed E-state index contributed by atoms with van der Waals surface area (Å²) >= 11 is 1.49. The second-order valence-corrected chi connectivity index (χ2v) is 7.34. The van der Waals surface area contributed by atoms with Gasteiger partial charge in [-0.1, -0.05) is 18.2 Å². The smallest absolute Gasteiger partial charge is 0.273 e. The molecule has 0 unspecified atom stereocenters. The molecule has 1 saturated heterocycles. The van der Waals surface area contributed by atoms with Gasteiger partial charge in [-0.3, -0.25) is 9.59 Å². The molecule has 4 rings (SSSR count). The van der Waals surface area contributed by atoms with Crippen molar-refractivity contribution in [3.63, 3.8) is 0 Å². The van der Waals surface area contributed by atoms with Gasteiger partial charge < -0.3 is 14.4 Å². The summed E-state index contributed by atoms with van der Waals surface area (Å²) in [6.45, 7) is 3.84. The molecule has 1 aliphatic heterocycles. The van der Waals surface area contributed by atoms with Gasteiger partial charge in [-0.15, -0.1) is 11.3 Å². The van der Waals surface area contributed by atoms with Gasteiger partial charge in [-0.25, -0.2) is 4.98 Å². The number of aromatic nitrogens is 2. The van der Waals surface area contributed by atoms with Crippen LogP contribution in [0.1, 0.15) is 17.4 Å². The summed E-state index contributed by atoms with van der Waals surface area (Å²) in [6, 6.07) is 10.3. The van der Waals surface area contributed by atoms with Crippen molar-refractivity contribution in [3.8, 4) is 10.7 Å². The van der Waals surface area contributed by atoms with E-state index in [0.29, 0.717) is 31.9 Å². The van der Waals surface area contributed by atoms with Crippen molar-refractivity contribution >= 4 is 34.1 Å². The van der Waals surface area contributed by atoms with Gasteiger partial charge in [-0.05, 0) is 12.1 Å². The molecule has 0 bridgehead atoms. The molecule has 3 aromatic rings. The molecule has 0 atom stereocenters. The highest BCUT2D eigenvalue weighted by Crippen LogP contribution is 2.29. The van der Waals surface area contributed by atoms with E-state index in [9.17, 15) is 9.59 Å². The zero-order valence-electron chi connectivity index (χ0n) is 14.8. The Morgan fingerprint density at radius 2 is 1.77 bits per heavy atom. The molecule has 0 aliphatic carbocycles. The van der Waals surface area contributed by atoms with Crippen LogP contribution in [0.4, 0.5) is 0 Å². The molecule has 0 spiro atoms. The number of amides is 2. The van der Waals surface area contributed by atoms with Gasteiger partial charge in [0.2, 0.25) is 5.91 Å². The van der Waals surface area contributed by atoms with Crippen LogP contribution in [0, 0.1) is 0 Å². The van der Waals surface area contributed by atoms with E-state index in [4.69, 9.17) is 0 Å². The predicted molar refractivity (Wildman–Crippen MR) is 102 cm³/mol. The van der Waals surface area contributed by atoms with Crippen LogP contribution in [-0.4, -0.2) is 57.3 Å². The Morgan fingerprint density at radius 3 is 2.46 bits per heavy atom. The van der Waals surface area contributed by atoms with Gasteiger partial charge in [-0.2, -0.15) is 0 Å². The first-order chi connectivity index (χ1) is 12.5. The number of hydrogen-bond acceptors (Lipinski definition) is 4. The Hall–Kier alpha value is -2.67. The van der Waals surface area contributed by atoms with Crippen LogP contribution >= 0.6 is 11.3 Å². The zero-order valence-corrected chi connectivity index (χ0v) is 15.6. The number of hydrogen-bond donors (Lipinski definition) is 0. The van der Waals surface area contributed by atoms with Crippen molar-refractivity contribution < 1.29 is 9.59 Å². The van der Waals surface area contributed by atoms with Crippen molar-refractivity contribution in [2.75, 3.05) is 26.2 Å². The maximum absolute atomic E-state index is 12.7. The van der Waals surface area contributed by atoms with Gasteiger partial charge in [0.25, 0.3) is 5.91 Å². The normalized spacial score (nSPS) is 14.8. The van der Waals surface area contributed by atoms with Crippen molar-refractivity contribution in [3.05, 3.63) is 41.4 Å². The van der Waals surface area contributed by atoms with E-state index in [1.54, 1.807) is 16.7 Å². The van der Waals surface area contributed by atoms with Crippen molar-refractivity contribution in [2.24, 2.45) is 7.05 Å². The molecular formula is C19H20N4O2S. The molecule has 0 N–H and O–H groups in total. The fourth-order valence-electron chi connectivity index (χ4n) is 3.37. The number of nitrogens with zero attached hydrogens (tertiary/aromatic N) is 4. The van der Waals surface area contributed by atoms with E-state index in [1.165, 1.54) is 11.3 Å². The maximum Gasteiger partial charge on any atom is 0.273 e. The summed E-state index contributed by atoms with van der Waals surface area (Å²) < 4.78 is 2.11. The van der Waals surface area contributed by atoms with Crippen LogP contribution < -0.4 is 0 Å². The lowest BCUT2D eigenvalue weighted by atomic mass is 10.2. The average molecular weight is 368 g/mol. The number of rotatable bonds is 2. The third-order valence-electron chi connectivity index (χ3n) is 4.91. The van der Waals surface area contributed by atoms with Crippen molar-refractivity contribution in [2.45, 2.75) is 6.92 Å². The van der Waals surface area contributed by atoms with E-state index in [-0.39, 0.29) is 11.8 Å². The molecule has 134 valence electrons. The number of piperazine rings is 1. The number of thiazole rings is 1. The Labute approximate surface area is 155 Å². The monoisotopic (exact) mass is 368 g/mol. The molecule has 2 aromatic heterocycles. The molecule has 2 amide bonds. The van der Waals surface area contributed by atoms with Crippen LogP contribution in [0.2, 0.25) is 0 Å². The summed E-state index contributed by atoms with van der Waals surface area (Å²) in [5.41, 5.74) is 2.63. The third kappa shape index (κ3) is 2.88. The fourth-order valence-corrected chi connectivity index (χ4v) is 4.21. The largest absolute Gasteiger partial charge is 0.342 e. The summed E-state index contributed by atoms with van der Waals surface area (Å²) in [4.78, 5) is 32.3. The maximum atomic E-state index is 12.7. The molecule has 0 radical (unpaired) electrons. The molecule has 1 fully saturated rings. The number of carbonyl (C=O) groups excluding carboxylic acids is 2. The molecule has 0 saturated carbocycles. The zero-order chi connectivity index (χ0) is 18.3. The van der Waals surface area contributed by atoms with Gasteiger partial charge in [0.1, 0.15) is 10.7 Å². The first-order valence-corrected chi connectivity index (χ1v) is 9.47. The molecule has 1 aromatic carbocycles. The number of para-hydroxylation sites is 1. The lowest BCUT2D eigenvalue weighted by Gasteiger charge is -2.33. The van der Waals surface area contributed by atoms with Gasteiger partial charge >= 0.3 is 0 Å². The Kier molecular flexibility index (Phi) is 4.24. The number of carbonyl (C=O) groups is 2. The number of benzene rings is 1. The first kappa shape index (κ1) is 16.8. The highest BCUT2D eigenvalue weighted by atomic mass is 32.1. The number of fused-ring (bicyclic) bond motifs is 1.